The zero-order chi connectivity index (χ0) is 16.4. The molecule has 4 nitrogen and oxygen atoms in total. The van der Waals surface area contributed by atoms with E-state index in [1.54, 1.807) is 0 Å². The molecule has 4 rings (SSSR count). The second-order valence-electron chi connectivity index (χ2n) is 6.65. The third-order valence-corrected chi connectivity index (χ3v) is 4.97. The highest BCUT2D eigenvalue weighted by Crippen LogP contribution is 2.36. The summed E-state index contributed by atoms with van der Waals surface area (Å²) < 4.78 is 16.9. The molecule has 2 heterocycles. The average molecular weight is 325 g/mol. The maximum absolute atomic E-state index is 6.11. The third-order valence-electron chi connectivity index (χ3n) is 4.97. The van der Waals surface area contributed by atoms with Gasteiger partial charge in [0.2, 0.25) is 6.79 Å². The summed E-state index contributed by atoms with van der Waals surface area (Å²) in [5.41, 5.74) is 1.42. The number of nitrogens with zero attached hydrogens (tertiary/aromatic N) is 1. The van der Waals surface area contributed by atoms with Crippen LogP contribution in [0.3, 0.4) is 0 Å². The molecule has 0 amide bonds. The minimum Gasteiger partial charge on any atom is -0.493 e. The fourth-order valence-corrected chi connectivity index (χ4v) is 3.69. The van der Waals surface area contributed by atoms with Gasteiger partial charge in [0.15, 0.2) is 11.5 Å². The lowest BCUT2D eigenvalue weighted by molar-refractivity contribution is 0.129. The van der Waals surface area contributed by atoms with Crippen LogP contribution in [0.1, 0.15) is 17.9 Å². The molecule has 4 heteroatoms. The minimum absolute atomic E-state index is 0.294. The predicted molar refractivity (Wildman–Crippen MR) is 92.8 cm³/mol. The number of ether oxygens (including phenoxy) is 3. The molecule has 2 aromatic carbocycles. The van der Waals surface area contributed by atoms with E-state index in [4.69, 9.17) is 14.2 Å². The Morgan fingerprint density at radius 1 is 1.08 bits per heavy atom. The molecule has 0 bridgehead atoms. The molecule has 0 aliphatic carbocycles. The highest BCUT2D eigenvalue weighted by Gasteiger charge is 2.29. The van der Waals surface area contributed by atoms with Gasteiger partial charge in [0.25, 0.3) is 0 Å². The number of hydrogen-bond acceptors (Lipinski definition) is 4. The summed E-state index contributed by atoms with van der Waals surface area (Å²) in [7, 11) is 2.19. The second kappa shape index (κ2) is 6.73. The van der Waals surface area contributed by atoms with Gasteiger partial charge < -0.3 is 19.1 Å². The molecule has 0 saturated carbocycles. The van der Waals surface area contributed by atoms with Crippen LogP contribution in [0.5, 0.6) is 17.2 Å². The Bertz CT molecular complexity index is 689. The van der Waals surface area contributed by atoms with E-state index in [-0.39, 0.29) is 0 Å². The molecule has 0 radical (unpaired) electrons. The maximum atomic E-state index is 6.11. The molecule has 24 heavy (non-hydrogen) atoms. The van der Waals surface area contributed by atoms with Crippen molar-refractivity contribution in [2.45, 2.75) is 12.3 Å². The van der Waals surface area contributed by atoms with Gasteiger partial charge in [-0.2, -0.15) is 0 Å². The van der Waals surface area contributed by atoms with Crippen molar-refractivity contribution >= 4 is 0 Å². The van der Waals surface area contributed by atoms with Crippen LogP contribution in [0.15, 0.2) is 48.5 Å². The van der Waals surface area contributed by atoms with E-state index < -0.39 is 0 Å². The van der Waals surface area contributed by atoms with E-state index in [1.807, 2.05) is 18.2 Å². The predicted octanol–water partition coefficient (Wildman–Crippen LogP) is 3.53. The van der Waals surface area contributed by atoms with Gasteiger partial charge in [-0.1, -0.05) is 30.3 Å². The van der Waals surface area contributed by atoms with Crippen LogP contribution in [-0.4, -0.2) is 38.4 Å². The van der Waals surface area contributed by atoms with Gasteiger partial charge in [-0.15, -0.1) is 0 Å². The summed E-state index contributed by atoms with van der Waals surface area (Å²) in [6, 6.07) is 16.6. The number of likely N-dealkylation sites (tertiary alicyclic amines) is 1. The first-order valence-corrected chi connectivity index (χ1v) is 8.55. The molecule has 126 valence electrons. The number of piperidine rings is 1. The van der Waals surface area contributed by atoms with Crippen molar-refractivity contribution < 1.29 is 14.2 Å². The van der Waals surface area contributed by atoms with Gasteiger partial charge >= 0.3 is 0 Å². The van der Waals surface area contributed by atoms with Gasteiger partial charge in [0.1, 0.15) is 5.75 Å². The average Bonchev–Trinajstić information content (AvgIpc) is 3.08. The first-order chi connectivity index (χ1) is 11.8. The summed E-state index contributed by atoms with van der Waals surface area (Å²) in [5, 5.41) is 0. The number of hydrogen-bond donors (Lipinski definition) is 0. The zero-order valence-corrected chi connectivity index (χ0v) is 14.0. The lowest BCUT2D eigenvalue weighted by Gasteiger charge is -2.37. The van der Waals surface area contributed by atoms with Crippen LogP contribution in [-0.2, 0) is 0 Å². The van der Waals surface area contributed by atoms with Crippen molar-refractivity contribution in [3.05, 3.63) is 54.1 Å². The Morgan fingerprint density at radius 3 is 2.79 bits per heavy atom. The van der Waals surface area contributed by atoms with Crippen LogP contribution < -0.4 is 14.2 Å². The van der Waals surface area contributed by atoms with E-state index in [0.29, 0.717) is 25.2 Å². The number of benzene rings is 2. The maximum Gasteiger partial charge on any atom is 0.231 e. The van der Waals surface area contributed by atoms with Gasteiger partial charge in [-0.25, -0.2) is 0 Å². The molecule has 1 fully saturated rings. The standard InChI is InChI=1S/C20H23NO3/c1-21-10-9-18(15-5-3-2-4-6-15)16(12-21)13-22-17-7-8-19-20(11-17)24-14-23-19/h2-8,11,16,18H,9-10,12-14H2,1H3. The van der Waals surface area contributed by atoms with E-state index in [1.165, 1.54) is 12.0 Å². The van der Waals surface area contributed by atoms with E-state index in [9.17, 15) is 0 Å². The molecule has 2 aliphatic rings. The Morgan fingerprint density at radius 2 is 1.92 bits per heavy atom. The van der Waals surface area contributed by atoms with Gasteiger partial charge in [0, 0.05) is 18.5 Å². The van der Waals surface area contributed by atoms with Crippen molar-refractivity contribution in [1.82, 2.24) is 4.90 Å². The number of fused-ring (bicyclic) bond motifs is 1. The molecule has 2 atom stereocenters. The summed E-state index contributed by atoms with van der Waals surface area (Å²) in [4.78, 5) is 2.40. The summed E-state index contributed by atoms with van der Waals surface area (Å²) in [6.45, 7) is 3.20. The lowest BCUT2D eigenvalue weighted by atomic mass is 9.81. The molecule has 2 unspecified atom stereocenters. The van der Waals surface area contributed by atoms with Gasteiger partial charge in [-0.3, -0.25) is 0 Å². The normalized spacial score (nSPS) is 23.2. The van der Waals surface area contributed by atoms with Gasteiger partial charge in [0.05, 0.1) is 6.61 Å². The zero-order valence-electron chi connectivity index (χ0n) is 14.0. The summed E-state index contributed by atoms with van der Waals surface area (Å²) in [5.74, 6) is 3.45. The smallest absolute Gasteiger partial charge is 0.231 e. The Hall–Kier alpha value is -2.20. The Kier molecular flexibility index (Phi) is 4.30. The van der Waals surface area contributed by atoms with Crippen LogP contribution in [0.25, 0.3) is 0 Å². The quantitative estimate of drug-likeness (QED) is 0.860. The first kappa shape index (κ1) is 15.3. The lowest BCUT2D eigenvalue weighted by Crippen LogP contribution is -2.39. The summed E-state index contributed by atoms with van der Waals surface area (Å²) in [6.07, 6.45) is 1.18. The largest absolute Gasteiger partial charge is 0.493 e. The second-order valence-corrected chi connectivity index (χ2v) is 6.65. The van der Waals surface area contributed by atoms with Crippen molar-refractivity contribution in [2.24, 2.45) is 5.92 Å². The van der Waals surface area contributed by atoms with Crippen LogP contribution in [0, 0.1) is 5.92 Å². The fourth-order valence-electron chi connectivity index (χ4n) is 3.69. The minimum atomic E-state index is 0.294. The van der Waals surface area contributed by atoms with Crippen molar-refractivity contribution in [3.63, 3.8) is 0 Å². The molecule has 2 aliphatic heterocycles. The van der Waals surface area contributed by atoms with Gasteiger partial charge in [-0.05, 0) is 43.6 Å². The fraction of sp³-hybridized carbons (Fsp3) is 0.400. The van der Waals surface area contributed by atoms with Crippen molar-refractivity contribution in [3.8, 4) is 17.2 Å². The van der Waals surface area contributed by atoms with Crippen LogP contribution >= 0.6 is 0 Å². The van der Waals surface area contributed by atoms with E-state index >= 15 is 0 Å². The van der Waals surface area contributed by atoms with E-state index in [2.05, 4.69) is 42.3 Å². The first-order valence-electron chi connectivity index (χ1n) is 8.55. The Labute approximate surface area is 142 Å². The monoisotopic (exact) mass is 325 g/mol. The van der Waals surface area contributed by atoms with Crippen molar-refractivity contribution in [1.29, 1.82) is 0 Å². The number of rotatable bonds is 4. The molecule has 0 N–H and O–H groups in total. The SMILES string of the molecule is CN1CCC(c2ccccc2)C(COc2ccc3c(c2)OCO3)C1. The molecule has 0 spiro atoms. The van der Waals surface area contributed by atoms with Crippen LogP contribution in [0.2, 0.25) is 0 Å². The van der Waals surface area contributed by atoms with E-state index in [0.717, 1.165) is 30.3 Å². The molecule has 1 saturated heterocycles. The molecule has 0 aromatic heterocycles. The molecule has 2 aromatic rings. The highest BCUT2D eigenvalue weighted by atomic mass is 16.7. The topological polar surface area (TPSA) is 30.9 Å². The van der Waals surface area contributed by atoms with Crippen molar-refractivity contribution in [2.75, 3.05) is 33.5 Å². The Balaban J connectivity index is 1.46. The third kappa shape index (κ3) is 3.20. The van der Waals surface area contributed by atoms with Crippen LogP contribution in [0.4, 0.5) is 0 Å². The highest BCUT2D eigenvalue weighted by molar-refractivity contribution is 5.46. The molecular formula is C20H23NO3. The molecular weight excluding hydrogens is 302 g/mol. The summed E-state index contributed by atoms with van der Waals surface area (Å²) >= 11 is 0.